The summed E-state index contributed by atoms with van der Waals surface area (Å²) in [7, 11) is 1.45. The van der Waals surface area contributed by atoms with Gasteiger partial charge in [0.05, 0.1) is 18.6 Å². The van der Waals surface area contributed by atoms with Gasteiger partial charge in [-0.1, -0.05) is 17.7 Å². The molecule has 2 aromatic rings. The number of amides is 3. The van der Waals surface area contributed by atoms with Crippen LogP contribution in [0.25, 0.3) is 6.08 Å². The van der Waals surface area contributed by atoms with E-state index in [9.17, 15) is 19.2 Å². The van der Waals surface area contributed by atoms with Crippen LogP contribution in [0.1, 0.15) is 12.5 Å². The molecular formula is C23H21ClN2O7S. The molecule has 0 atom stereocenters. The Morgan fingerprint density at radius 3 is 2.53 bits per heavy atom. The van der Waals surface area contributed by atoms with Crippen molar-refractivity contribution < 1.29 is 33.4 Å². The summed E-state index contributed by atoms with van der Waals surface area (Å²) in [5.74, 6) is -0.997. The van der Waals surface area contributed by atoms with Gasteiger partial charge < -0.3 is 19.5 Å². The number of ether oxygens (including phenoxy) is 3. The average Bonchev–Trinajstić information content (AvgIpc) is 3.06. The number of thioether (sulfide) groups is 1. The van der Waals surface area contributed by atoms with Gasteiger partial charge in [0.2, 0.25) is 5.91 Å². The number of rotatable bonds is 9. The normalized spacial score (nSPS) is 14.3. The highest BCUT2D eigenvalue weighted by Crippen LogP contribution is 2.34. The lowest BCUT2D eigenvalue weighted by Gasteiger charge is -2.12. The number of benzene rings is 2. The SMILES string of the molecule is CCOC(=O)COc1cc(/C=C2\SC(=O)N(CC(=O)Nc3ccc(Cl)cc3)C2=O)ccc1OC. The molecule has 0 aliphatic carbocycles. The van der Waals surface area contributed by atoms with E-state index in [1.165, 1.54) is 13.2 Å². The van der Waals surface area contributed by atoms with Crippen molar-refractivity contribution in [3.8, 4) is 11.5 Å². The molecule has 11 heteroatoms. The molecule has 3 rings (SSSR count). The zero-order valence-corrected chi connectivity index (χ0v) is 19.9. The quantitative estimate of drug-likeness (QED) is 0.403. The summed E-state index contributed by atoms with van der Waals surface area (Å²) in [4.78, 5) is 50.0. The van der Waals surface area contributed by atoms with Gasteiger partial charge in [-0.05, 0) is 66.7 Å². The van der Waals surface area contributed by atoms with Crippen LogP contribution in [0.2, 0.25) is 5.02 Å². The first-order chi connectivity index (χ1) is 16.3. The van der Waals surface area contributed by atoms with Crippen molar-refractivity contribution in [3.05, 3.63) is 58.0 Å². The molecular weight excluding hydrogens is 484 g/mol. The number of halogens is 1. The second-order valence-electron chi connectivity index (χ2n) is 6.83. The van der Waals surface area contributed by atoms with E-state index in [2.05, 4.69) is 5.32 Å². The van der Waals surface area contributed by atoms with Crippen LogP contribution in [-0.2, 0) is 19.1 Å². The Hall–Kier alpha value is -3.50. The molecule has 0 radical (unpaired) electrons. The van der Waals surface area contributed by atoms with Gasteiger partial charge in [0.1, 0.15) is 6.54 Å². The number of methoxy groups -OCH3 is 1. The molecule has 0 saturated carbocycles. The van der Waals surface area contributed by atoms with Gasteiger partial charge in [0.25, 0.3) is 11.1 Å². The number of nitrogens with one attached hydrogen (secondary N) is 1. The van der Waals surface area contributed by atoms with E-state index in [0.29, 0.717) is 22.0 Å². The molecule has 1 N–H and O–H groups in total. The summed E-state index contributed by atoms with van der Waals surface area (Å²) in [6, 6.07) is 11.3. The van der Waals surface area contributed by atoms with Crippen molar-refractivity contribution in [2.24, 2.45) is 0 Å². The first-order valence-corrected chi connectivity index (χ1v) is 11.3. The molecule has 0 aromatic heterocycles. The third kappa shape index (κ3) is 6.52. The van der Waals surface area contributed by atoms with Crippen molar-refractivity contribution in [3.63, 3.8) is 0 Å². The maximum atomic E-state index is 12.7. The van der Waals surface area contributed by atoms with Crippen LogP contribution in [-0.4, -0.2) is 54.8 Å². The lowest BCUT2D eigenvalue weighted by Crippen LogP contribution is -2.36. The first-order valence-electron chi connectivity index (χ1n) is 10.1. The number of imide groups is 1. The Bertz CT molecular complexity index is 1130. The molecule has 2 aromatic carbocycles. The van der Waals surface area contributed by atoms with E-state index in [-0.39, 0.29) is 23.9 Å². The summed E-state index contributed by atoms with van der Waals surface area (Å²) < 4.78 is 15.5. The van der Waals surface area contributed by atoms with Crippen LogP contribution in [0.15, 0.2) is 47.4 Å². The number of anilines is 1. The molecule has 1 fully saturated rings. The fourth-order valence-electron chi connectivity index (χ4n) is 2.90. The van der Waals surface area contributed by atoms with Gasteiger partial charge in [0.15, 0.2) is 18.1 Å². The minimum absolute atomic E-state index is 0.144. The largest absolute Gasteiger partial charge is 0.493 e. The molecule has 0 unspecified atom stereocenters. The minimum Gasteiger partial charge on any atom is -0.493 e. The van der Waals surface area contributed by atoms with Crippen molar-refractivity contribution in [2.75, 3.05) is 32.2 Å². The van der Waals surface area contributed by atoms with Crippen molar-refractivity contribution in [1.82, 2.24) is 4.90 Å². The van der Waals surface area contributed by atoms with Crippen LogP contribution in [0.5, 0.6) is 11.5 Å². The molecule has 0 bridgehead atoms. The minimum atomic E-state index is -0.592. The Balaban J connectivity index is 1.70. The lowest BCUT2D eigenvalue weighted by molar-refractivity contribution is -0.145. The van der Waals surface area contributed by atoms with E-state index in [0.717, 1.165) is 16.7 Å². The monoisotopic (exact) mass is 504 g/mol. The number of hydrogen-bond donors (Lipinski definition) is 1. The fourth-order valence-corrected chi connectivity index (χ4v) is 3.86. The molecule has 0 spiro atoms. The van der Waals surface area contributed by atoms with E-state index in [1.54, 1.807) is 49.4 Å². The van der Waals surface area contributed by atoms with Crippen LogP contribution in [0.4, 0.5) is 10.5 Å². The van der Waals surface area contributed by atoms with E-state index < -0.39 is 29.6 Å². The second kappa shape index (κ2) is 11.6. The summed E-state index contributed by atoms with van der Waals surface area (Å²) in [5.41, 5.74) is 1.03. The molecule has 178 valence electrons. The maximum absolute atomic E-state index is 12.7. The number of carbonyl (C=O) groups excluding carboxylic acids is 4. The standard InChI is InChI=1S/C23H21ClN2O7S/c1-3-32-21(28)13-33-18-10-14(4-9-17(18)31-2)11-19-22(29)26(23(30)34-19)12-20(27)25-16-7-5-15(24)6-8-16/h4-11H,3,12-13H2,1-2H3,(H,25,27)/b19-11-. The molecule has 1 saturated heterocycles. The number of hydrogen-bond acceptors (Lipinski definition) is 8. The highest BCUT2D eigenvalue weighted by molar-refractivity contribution is 8.18. The molecule has 1 aliphatic heterocycles. The lowest BCUT2D eigenvalue weighted by atomic mass is 10.2. The van der Waals surface area contributed by atoms with Crippen LogP contribution in [0, 0.1) is 0 Å². The molecule has 9 nitrogen and oxygen atoms in total. The van der Waals surface area contributed by atoms with Gasteiger partial charge >= 0.3 is 5.97 Å². The van der Waals surface area contributed by atoms with Crippen molar-refractivity contribution in [1.29, 1.82) is 0 Å². The van der Waals surface area contributed by atoms with Crippen molar-refractivity contribution >= 4 is 58.1 Å². The third-order valence-corrected chi connectivity index (χ3v) is 5.60. The molecule has 1 heterocycles. The van der Waals surface area contributed by atoms with Gasteiger partial charge in [-0.3, -0.25) is 19.3 Å². The highest BCUT2D eigenvalue weighted by atomic mass is 35.5. The summed E-state index contributed by atoms with van der Waals surface area (Å²) in [6.45, 7) is 1.18. The summed E-state index contributed by atoms with van der Waals surface area (Å²) >= 11 is 6.55. The van der Waals surface area contributed by atoms with E-state index in [4.69, 9.17) is 25.8 Å². The van der Waals surface area contributed by atoms with Crippen molar-refractivity contribution in [2.45, 2.75) is 6.92 Å². The van der Waals surface area contributed by atoms with Crippen LogP contribution >= 0.6 is 23.4 Å². The predicted octanol–water partition coefficient (Wildman–Crippen LogP) is 3.97. The van der Waals surface area contributed by atoms with E-state index >= 15 is 0 Å². The average molecular weight is 505 g/mol. The third-order valence-electron chi connectivity index (χ3n) is 4.44. The smallest absolute Gasteiger partial charge is 0.344 e. The molecule has 34 heavy (non-hydrogen) atoms. The maximum Gasteiger partial charge on any atom is 0.344 e. The number of carbonyl (C=O) groups is 4. The Kier molecular flexibility index (Phi) is 8.55. The molecule has 1 aliphatic rings. The Labute approximate surface area is 205 Å². The van der Waals surface area contributed by atoms with E-state index in [1.807, 2.05) is 0 Å². The highest BCUT2D eigenvalue weighted by Gasteiger charge is 2.36. The van der Waals surface area contributed by atoms with Crippen LogP contribution < -0.4 is 14.8 Å². The topological polar surface area (TPSA) is 111 Å². The zero-order chi connectivity index (χ0) is 24.7. The summed E-state index contributed by atoms with van der Waals surface area (Å²) in [6.07, 6.45) is 1.50. The Morgan fingerprint density at radius 2 is 1.85 bits per heavy atom. The molecule has 3 amide bonds. The number of nitrogens with zero attached hydrogens (tertiary/aromatic N) is 1. The van der Waals surface area contributed by atoms with Gasteiger partial charge in [-0.2, -0.15) is 0 Å². The van der Waals surface area contributed by atoms with Crippen LogP contribution in [0.3, 0.4) is 0 Å². The first kappa shape index (κ1) is 25.1. The van der Waals surface area contributed by atoms with Gasteiger partial charge in [-0.25, -0.2) is 4.79 Å². The van der Waals surface area contributed by atoms with Gasteiger partial charge in [-0.15, -0.1) is 0 Å². The van der Waals surface area contributed by atoms with Gasteiger partial charge in [0, 0.05) is 10.7 Å². The summed E-state index contributed by atoms with van der Waals surface area (Å²) in [5, 5.41) is 2.57. The Morgan fingerprint density at radius 1 is 1.12 bits per heavy atom. The zero-order valence-electron chi connectivity index (χ0n) is 18.3. The number of esters is 1. The predicted molar refractivity (Wildman–Crippen MR) is 128 cm³/mol. The fraction of sp³-hybridized carbons (Fsp3) is 0.217. The second-order valence-corrected chi connectivity index (χ2v) is 8.26.